The van der Waals surface area contributed by atoms with E-state index in [0.29, 0.717) is 0 Å². The van der Waals surface area contributed by atoms with Crippen molar-refractivity contribution >= 4 is 5.78 Å². The molecule has 1 unspecified atom stereocenters. The Morgan fingerprint density at radius 2 is 2.50 bits per heavy atom. The molecule has 0 amide bonds. The van der Waals surface area contributed by atoms with Crippen molar-refractivity contribution in [2.75, 3.05) is 0 Å². The van der Waals surface area contributed by atoms with Crippen molar-refractivity contribution in [3.8, 4) is 0 Å². The van der Waals surface area contributed by atoms with Gasteiger partial charge in [-0.2, -0.15) is 4.91 Å². The highest BCUT2D eigenvalue weighted by Gasteiger charge is 2.14. The zero-order valence-corrected chi connectivity index (χ0v) is 4.20. The molecule has 0 spiro atoms. The maximum atomic E-state index is 10.3. The van der Waals surface area contributed by atoms with Gasteiger partial charge in [-0.15, -0.1) is 0 Å². The van der Waals surface area contributed by atoms with Crippen LogP contribution in [-0.2, 0) is 4.79 Å². The number of ketones is 1. The van der Waals surface area contributed by atoms with Gasteiger partial charge in [0.2, 0.25) is 0 Å². The first-order valence-corrected chi connectivity index (χ1v) is 2.36. The Bertz CT molecular complexity index is 151. The molecule has 0 radical (unpaired) electrons. The first-order chi connectivity index (χ1) is 3.83. The van der Waals surface area contributed by atoms with Crippen LogP contribution in [0.1, 0.15) is 6.42 Å². The van der Waals surface area contributed by atoms with E-state index in [1.807, 2.05) is 0 Å². The normalized spacial score (nSPS) is 26.5. The number of allylic oxidation sites excluding steroid dienone is 1. The molecule has 0 aliphatic heterocycles. The van der Waals surface area contributed by atoms with Crippen LogP contribution in [0.3, 0.4) is 0 Å². The van der Waals surface area contributed by atoms with Gasteiger partial charge < -0.3 is 0 Å². The quantitative estimate of drug-likeness (QED) is 0.466. The lowest BCUT2D eigenvalue weighted by Gasteiger charge is -1.86. The van der Waals surface area contributed by atoms with Crippen molar-refractivity contribution in [1.29, 1.82) is 0 Å². The summed E-state index contributed by atoms with van der Waals surface area (Å²) in [5.41, 5.74) is 0. The van der Waals surface area contributed by atoms with E-state index in [-0.39, 0.29) is 18.2 Å². The van der Waals surface area contributed by atoms with Gasteiger partial charge in [0.15, 0.2) is 5.78 Å². The lowest BCUT2D eigenvalue weighted by atomic mass is 10.3. The third-order valence-electron chi connectivity index (χ3n) is 1.05. The average Bonchev–Trinajstić information content (AvgIpc) is 2.14. The maximum absolute atomic E-state index is 10.3. The van der Waals surface area contributed by atoms with Crippen LogP contribution in [-0.4, -0.2) is 11.8 Å². The summed E-state index contributed by atoms with van der Waals surface area (Å²) in [5, 5.41) is 2.68. The third kappa shape index (κ3) is 0.804. The Morgan fingerprint density at radius 3 is 2.75 bits per heavy atom. The summed E-state index contributed by atoms with van der Waals surface area (Å²) in [4.78, 5) is 20.0. The fourth-order valence-corrected chi connectivity index (χ4v) is 0.633. The summed E-state index contributed by atoms with van der Waals surface area (Å²) < 4.78 is 0. The Labute approximate surface area is 46.4 Å². The van der Waals surface area contributed by atoms with Crippen molar-refractivity contribution < 1.29 is 4.79 Å². The zero-order valence-electron chi connectivity index (χ0n) is 4.20. The maximum Gasteiger partial charge on any atom is 0.158 e. The summed E-state index contributed by atoms with van der Waals surface area (Å²) in [6.07, 6.45) is 3.19. The molecule has 0 saturated heterocycles. The molecular formula is C5H5NO2. The first-order valence-electron chi connectivity index (χ1n) is 2.36. The van der Waals surface area contributed by atoms with Gasteiger partial charge >= 0.3 is 0 Å². The van der Waals surface area contributed by atoms with Gasteiger partial charge in [0.1, 0.15) is 6.04 Å². The van der Waals surface area contributed by atoms with Gasteiger partial charge in [-0.1, -0.05) is 11.3 Å². The van der Waals surface area contributed by atoms with E-state index in [9.17, 15) is 9.70 Å². The van der Waals surface area contributed by atoms with E-state index < -0.39 is 0 Å². The SMILES string of the molecule is O=NC1C=CC(=O)C1. The van der Waals surface area contributed by atoms with Crippen LogP contribution in [0.25, 0.3) is 0 Å². The summed E-state index contributed by atoms with van der Waals surface area (Å²) in [7, 11) is 0. The molecule has 42 valence electrons. The molecule has 0 aromatic rings. The van der Waals surface area contributed by atoms with Gasteiger partial charge in [-0.25, -0.2) is 0 Å². The predicted octanol–water partition coefficient (Wildman–Crippen LogP) is 0.650. The molecular weight excluding hydrogens is 106 g/mol. The number of rotatable bonds is 1. The average molecular weight is 111 g/mol. The van der Waals surface area contributed by atoms with Crippen LogP contribution >= 0.6 is 0 Å². The number of hydrogen-bond donors (Lipinski definition) is 0. The predicted molar refractivity (Wildman–Crippen MR) is 28.3 cm³/mol. The van der Waals surface area contributed by atoms with E-state index in [4.69, 9.17) is 0 Å². The van der Waals surface area contributed by atoms with Crippen LogP contribution in [0, 0.1) is 4.91 Å². The van der Waals surface area contributed by atoms with Crippen molar-refractivity contribution in [2.24, 2.45) is 5.18 Å². The molecule has 8 heavy (non-hydrogen) atoms. The molecule has 0 saturated carbocycles. The Hall–Kier alpha value is -0.990. The summed E-state index contributed by atoms with van der Waals surface area (Å²) >= 11 is 0. The Morgan fingerprint density at radius 1 is 1.75 bits per heavy atom. The second kappa shape index (κ2) is 1.86. The number of hydrogen-bond acceptors (Lipinski definition) is 3. The molecule has 0 aromatic heterocycles. The van der Waals surface area contributed by atoms with Crippen molar-refractivity contribution in [2.45, 2.75) is 12.5 Å². The molecule has 0 N–H and O–H groups in total. The van der Waals surface area contributed by atoms with Gasteiger partial charge in [-0.05, 0) is 6.08 Å². The monoisotopic (exact) mass is 111 g/mol. The van der Waals surface area contributed by atoms with E-state index in [1.165, 1.54) is 12.2 Å². The van der Waals surface area contributed by atoms with E-state index in [2.05, 4.69) is 5.18 Å². The molecule has 1 atom stereocenters. The lowest BCUT2D eigenvalue weighted by molar-refractivity contribution is -0.114. The van der Waals surface area contributed by atoms with Crippen LogP contribution in [0.5, 0.6) is 0 Å². The van der Waals surface area contributed by atoms with Gasteiger partial charge in [0.05, 0.1) is 0 Å². The molecule has 1 rings (SSSR count). The third-order valence-corrected chi connectivity index (χ3v) is 1.05. The smallest absolute Gasteiger partial charge is 0.158 e. The summed E-state index contributed by atoms with van der Waals surface area (Å²) in [5.74, 6) is -0.00500. The number of carbonyl (C=O) groups is 1. The van der Waals surface area contributed by atoms with Crippen LogP contribution < -0.4 is 0 Å². The molecule has 1 aliphatic rings. The highest BCUT2D eigenvalue weighted by atomic mass is 16.3. The zero-order chi connectivity index (χ0) is 5.98. The topological polar surface area (TPSA) is 46.5 Å². The standard InChI is InChI=1S/C5H5NO2/c7-5-2-1-4(3-5)6-8/h1-2,4H,3H2. The van der Waals surface area contributed by atoms with Gasteiger partial charge in [-0.3, -0.25) is 4.79 Å². The highest BCUT2D eigenvalue weighted by Crippen LogP contribution is 2.08. The molecule has 0 fully saturated rings. The fraction of sp³-hybridized carbons (Fsp3) is 0.400. The Balaban J connectivity index is 2.58. The van der Waals surface area contributed by atoms with Gasteiger partial charge in [0.25, 0.3) is 0 Å². The second-order valence-corrected chi connectivity index (χ2v) is 1.70. The molecule has 0 aromatic carbocycles. The van der Waals surface area contributed by atoms with Crippen LogP contribution in [0.15, 0.2) is 17.3 Å². The van der Waals surface area contributed by atoms with Crippen LogP contribution in [0.2, 0.25) is 0 Å². The number of nitroso groups, excluding NO2 is 1. The van der Waals surface area contributed by atoms with Gasteiger partial charge in [0, 0.05) is 6.42 Å². The molecule has 0 bridgehead atoms. The van der Waals surface area contributed by atoms with E-state index in [1.54, 1.807) is 0 Å². The number of carbonyl (C=O) groups excluding carboxylic acids is 1. The fourth-order valence-electron chi connectivity index (χ4n) is 0.633. The van der Waals surface area contributed by atoms with E-state index in [0.717, 1.165) is 0 Å². The molecule has 0 heterocycles. The van der Waals surface area contributed by atoms with Crippen molar-refractivity contribution in [1.82, 2.24) is 0 Å². The molecule has 1 aliphatic carbocycles. The highest BCUT2D eigenvalue weighted by molar-refractivity contribution is 5.92. The minimum atomic E-state index is -0.387. The minimum Gasteiger partial charge on any atom is -0.295 e. The lowest BCUT2D eigenvalue weighted by Crippen LogP contribution is -1.96. The van der Waals surface area contributed by atoms with Crippen LogP contribution in [0.4, 0.5) is 0 Å². The molecule has 3 nitrogen and oxygen atoms in total. The summed E-state index contributed by atoms with van der Waals surface area (Å²) in [6, 6.07) is -0.387. The largest absolute Gasteiger partial charge is 0.295 e. The Kier molecular flexibility index (Phi) is 1.20. The van der Waals surface area contributed by atoms with Crippen molar-refractivity contribution in [3.05, 3.63) is 17.1 Å². The second-order valence-electron chi connectivity index (χ2n) is 1.70. The van der Waals surface area contributed by atoms with E-state index >= 15 is 0 Å². The number of nitrogens with zero attached hydrogens (tertiary/aromatic N) is 1. The summed E-state index contributed by atoms with van der Waals surface area (Å²) in [6.45, 7) is 0. The first kappa shape index (κ1) is 5.15. The minimum absolute atomic E-state index is 0.00500. The molecule has 3 heteroatoms. The van der Waals surface area contributed by atoms with Crippen molar-refractivity contribution in [3.63, 3.8) is 0 Å².